The molecule has 0 aromatic rings. The monoisotopic (exact) mass is 280 g/mol. The molecule has 0 aromatic carbocycles. The fourth-order valence-corrected chi connectivity index (χ4v) is 2.10. The van der Waals surface area contributed by atoms with E-state index >= 15 is 0 Å². The van der Waals surface area contributed by atoms with E-state index in [-0.39, 0.29) is 10.8 Å². The lowest BCUT2D eigenvalue weighted by Crippen LogP contribution is -2.41. The van der Waals surface area contributed by atoms with E-state index in [1.807, 2.05) is 0 Å². The molecule has 1 heterocycles. The van der Waals surface area contributed by atoms with E-state index in [0.29, 0.717) is 0 Å². The van der Waals surface area contributed by atoms with Crippen molar-refractivity contribution in [3.63, 3.8) is 0 Å². The van der Waals surface area contributed by atoms with Gasteiger partial charge in [-0.1, -0.05) is 27.7 Å². The maximum atomic E-state index is 4.70. The van der Waals surface area contributed by atoms with Crippen molar-refractivity contribution in [3.05, 3.63) is 0 Å². The third-order valence-corrected chi connectivity index (χ3v) is 4.37. The first-order chi connectivity index (χ1) is 9.26. The summed E-state index contributed by atoms with van der Waals surface area (Å²) in [4.78, 5) is 9.40. The minimum Gasteiger partial charge on any atom is -0.315 e. The summed E-state index contributed by atoms with van der Waals surface area (Å²) in [6.45, 7) is 18.7. The molecule has 0 atom stereocenters. The van der Waals surface area contributed by atoms with Crippen LogP contribution in [0.1, 0.15) is 41.5 Å². The molecule has 0 saturated heterocycles. The van der Waals surface area contributed by atoms with Crippen molar-refractivity contribution in [1.29, 1.82) is 0 Å². The van der Waals surface area contributed by atoms with Gasteiger partial charge in [0.2, 0.25) is 0 Å². The van der Waals surface area contributed by atoms with E-state index in [4.69, 9.17) is 9.98 Å². The first kappa shape index (κ1) is 17.3. The van der Waals surface area contributed by atoms with Crippen molar-refractivity contribution in [1.82, 2.24) is 10.6 Å². The molecule has 2 N–H and O–H groups in total. The first-order valence-corrected chi connectivity index (χ1v) is 7.70. The van der Waals surface area contributed by atoms with Gasteiger partial charge >= 0.3 is 0 Å². The quantitative estimate of drug-likeness (QED) is 0.714. The second-order valence-corrected chi connectivity index (χ2v) is 7.06. The zero-order chi connectivity index (χ0) is 15.2. The van der Waals surface area contributed by atoms with E-state index in [2.05, 4.69) is 52.2 Å². The summed E-state index contributed by atoms with van der Waals surface area (Å²) < 4.78 is 0. The van der Waals surface area contributed by atoms with E-state index in [1.54, 1.807) is 0 Å². The highest BCUT2D eigenvalue weighted by atomic mass is 15.0. The standard InChI is InChI=1S/C16H32N4/c1-13-15(3,4)11-17-7-8-18-12-16(5,6)14(2)20-10-9-19-13/h17-18H,7-12H2,1-6H3. The van der Waals surface area contributed by atoms with Gasteiger partial charge in [0, 0.05) is 48.4 Å². The molecule has 0 aliphatic carbocycles. The molecule has 0 unspecified atom stereocenters. The molecule has 4 heteroatoms. The van der Waals surface area contributed by atoms with Gasteiger partial charge in [-0.05, 0) is 13.8 Å². The van der Waals surface area contributed by atoms with Gasteiger partial charge in [-0.2, -0.15) is 0 Å². The van der Waals surface area contributed by atoms with Crippen LogP contribution in [0.2, 0.25) is 0 Å². The Hall–Kier alpha value is -0.740. The lowest BCUT2D eigenvalue weighted by Gasteiger charge is -2.27. The maximum absolute atomic E-state index is 4.70. The predicted octanol–water partition coefficient (Wildman–Crippen LogP) is 2.15. The second-order valence-electron chi connectivity index (χ2n) is 7.06. The predicted molar refractivity (Wildman–Crippen MR) is 89.3 cm³/mol. The van der Waals surface area contributed by atoms with Gasteiger partial charge in [-0.15, -0.1) is 0 Å². The first-order valence-electron chi connectivity index (χ1n) is 7.70. The summed E-state index contributed by atoms with van der Waals surface area (Å²) >= 11 is 0. The number of hydrogen-bond donors (Lipinski definition) is 2. The molecule has 1 aliphatic heterocycles. The van der Waals surface area contributed by atoms with Crippen LogP contribution in [0.3, 0.4) is 0 Å². The zero-order valence-electron chi connectivity index (χ0n) is 14.1. The van der Waals surface area contributed by atoms with Crippen LogP contribution in [-0.2, 0) is 0 Å². The van der Waals surface area contributed by atoms with Crippen molar-refractivity contribution < 1.29 is 0 Å². The van der Waals surface area contributed by atoms with Gasteiger partial charge in [0.15, 0.2) is 0 Å². The smallest absolute Gasteiger partial charge is 0.0584 e. The third-order valence-electron chi connectivity index (χ3n) is 4.37. The molecule has 1 aliphatic rings. The van der Waals surface area contributed by atoms with Crippen molar-refractivity contribution in [2.45, 2.75) is 41.5 Å². The van der Waals surface area contributed by atoms with Gasteiger partial charge in [-0.3, -0.25) is 9.98 Å². The van der Waals surface area contributed by atoms with Crippen LogP contribution < -0.4 is 10.6 Å². The van der Waals surface area contributed by atoms with Crippen molar-refractivity contribution in [3.8, 4) is 0 Å². The molecule has 0 bridgehead atoms. The number of nitrogens with zero attached hydrogens (tertiary/aromatic N) is 2. The van der Waals surface area contributed by atoms with Crippen molar-refractivity contribution in [2.24, 2.45) is 20.8 Å². The average Bonchev–Trinajstić information content (AvgIpc) is 2.37. The van der Waals surface area contributed by atoms with E-state index in [0.717, 1.165) is 39.3 Å². The zero-order valence-corrected chi connectivity index (χ0v) is 14.1. The molecule has 0 amide bonds. The fraction of sp³-hybridized carbons (Fsp3) is 0.875. The molecule has 0 spiro atoms. The Kier molecular flexibility index (Phi) is 6.34. The van der Waals surface area contributed by atoms with Gasteiger partial charge in [-0.25, -0.2) is 0 Å². The van der Waals surface area contributed by atoms with Crippen LogP contribution in [0.25, 0.3) is 0 Å². The Morgan fingerprint density at radius 2 is 1.10 bits per heavy atom. The number of rotatable bonds is 0. The minimum absolute atomic E-state index is 0.113. The molecular weight excluding hydrogens is 248 g/mol. The molecule has 1 rings (SSSR count). The van der Waals surface area contributed by atoms with Gasteiger partial charge < -0.3 is 10.6 Å². The van der Waals surface area contributed by atoms with Crippen LogP contribution in [0.4, 0.5) is 0 Å². The highest BCUT2D eigenvalue weighted by Crippen LogP contribution is 2.18. The largest absolute Gasteiger partial charge is 0.315 e. The second kappa shape index (κ2) is 7.32. The van der Waals surface area contributed by atoms with Gasteiger partial charge in [0.1, 0.15) is 0 Å². The molecule has 4 nitrogen and oxygen atoms in total. The van der Waals surface area contributed by atoms with Crippen LogP contribution in [-0.4, -0.2) is 50.7 Å². The van der Waals surface area contributed by atoms with Crippen molar-refractivity contribution >= 4 is 11.4 Å². The van der Waals surface area contributed by atoms with E-state index < -0.39 is 0 Å². The minimum atomic E-state index is 0.113. The van der Waals surface area contributed by atoms with E-state index in [1.165, 1.54) is 11.4 Å². The maximum Gasteiger partial charge on any atom is 0.0584 e. The Labute approximate surface area is 124 Å². The lowest BCUT2D eigenvalue weighted by molar-refractivity contribution is 0.432. The van der Waals surface area contributed by atoms with Crippen LogP contribution in [0, 0.1) is 10.8 Å². The Morgan fingerprint density at radius 1 is 0.750 bits per heavy atom. The summed E-state index contributed by atoms with van der Waals surface area (Å²) in [5.74, 6) is 0. The summed E-state index contributed by atoms with van der Waals surface area (Å²) in [6, 6.07) is 0. The number of nitrogens with one attached hydrogen (secondary N) is 2. The molecule has 116 valence electrons. The SMILES string of the molecule is CC1=NCCN=C(C)C(C)(C)CNCCNCC1(C)C. The van der Waals surface area contributed by atoms with Crippen LogP contribution >= 0.6 is 0 Å². The highest BCUT2D eigenvalue weighted by Gasteiger charge is 2.22. The normalized spacial score (nSPS) is 25.3. The third kappa shape index (κ3) is 5.33. The molecule has 0 fully saturated rings. The molecule has 0 aromatic heterocycles. The van der Waals surface area contributed by atoms with Crippen LogP contribution in [0.5, 0.6) is 0 Å². The molecular formula is C16H32N4. The van der Waals surface area contributed by atoms with E-state index in [9.17, 15) is 0 Å². The van der Waals surface area contributed by atoms with Crippen molar-refractivity contribution in [2.75, 3.05) is 39.3 Å². The Bertz CT molecular complexity index is 331. The summed E-state index contributed by atoms with van der Waals surface area (Å²) in [7, 11) is 0. The number of hydrogen-bond acceptors (Lipinski definition) is 4. The molecule has 20 heavy (non-hydrogen) atoms. The fourth-order valence-electron chi connectivity index (χ4n) is 2.10. The summed E-state index contributed by atoms with van der Waals surface area (Å²) in [5.41, 5.74) is 2.65. The topological polar surface area (TPSA) is 48.8 Å². The van der Waals surface area contributed by atoms with Gasteiger partial charge in [0.25, 0.3) is 0 Å². The summed E-state index contributed by atoms with van der Waals surface area (Å²) in [6.07, 6.45) is 0. The van der Waals surface area contributed by atoms with Crippen LogP contribution in [0.15, 0.2) is 9.98 Å². The highest BCUT2D eigenvalue weighted by molar-refractivity contribution is 5.88. The Balaban J connectivity index is 2.78. The van der Waals surface area contributed by atoms with Gasteiger partial charge in [0.05, 0.1) is 13.1 Å². The average molecular weight is 280 g/mol. The molecule has 0 saturated carbocycles. The lowest BCUT2D eigenvalue weighted by atomic mass is 9.87. The summed E-state index contributed by atoms with van der Waals surface area (Å²) in [5, 5.41) is 7.05. The molecule has 0 radical (unpaired) electrons. The Morgan fingerprint density at radius 3 is 1.45 bits per heavy atom. The number of aliphatic imine (C=N–C) groups is 2.